The summed E-state index contributed by atoms with van der Waals surface area (Å²) in [7, 11) is 0. The van der Waals surface area contributed by atoms with E-state index in [0.717, 1.165) is 26.2 Å². The molecule has 0 unspecified atom stereocenters. The average molecular weight is 263 g/mol. The molecule has 104 valence electrons. The zero-order valence-electron chi connectivity index (χ0n) is 11.5. The number of aromatic nitrogens is 1. The molecule has 4 N–H and O–H groups in total. The number of hydrogen-bond acceptors (Lipinski definition) is 5. The number of rotatable bonds is 3. The van der Waals surface area contributed by atoms with Crippen LogP contribution in [0, 0.1) is 0 Å². The van der Waals surface area contributed by atoms with E-state index < -0.39 is 5.91 Å². The van der Waals surface area contributed by atoms with Crippen molar-refractivity contribution in [3.8, 4) is 0 Å². The van der Waals surface area contributed by atoms with Crippen molar-refractivity contribution in [2.45, 2.75) is 19.9 Å². The molecule has 1 aromatic rings. The molecule has 0 atom stereocenters. The summed E-state index contributed by atoms with van der Waals surface area (Å²) < 4.78 is 0. The zero-order chi connectivity index (χ0) is 14.0. The standard InChI is InChI=1S/C13H21N5O/c1-9(2)17-5-7-18(8-6-17)13-10(14)3-4-11(16-13)12(15)19/h3-4,9H,5-8,14H2,1-2H3,(H2,15,19). The Kier molecular flexibility index (Phi) is 3.90. The molecule has 0 aromatic carbocycles. The van der Waals surface area contributed by atoms with Gasteiger partial charge in [-0.05, 0) is 26.0 Å². The fraction of sp³-hybridized carbons (Fsp3) is 0.538. The molecule has 6 nitrogen and oxygen atoms in total. The van der Waals surface area contributed by atoms with E-state index in [9.17, 15) is 4.79 Å². The van der Waals surface area contributed by atoms with Gasteiger partial charge in [-0.3, -0.25) is 9.69 Å². The van der Waals surface area contributed by atoms with Crippen molar-refractivity contribution in [3.63, 3.8) is 0 Å². The van der Waals surface area contributed by atoms with Crippen molar-refractivity contribution in [3.05, 3.63) is 17.8 Å². The summed E-state index contributed by atoms with van der Waals surface area (Å²) in [6, 6.07) is 3.80. The first-order valence-electron chi connectivity index (χ1n) is 6.54. The highest BCUT2D eigenvalue weighted by Gasteiger charge is 2.21. The third-order valence-corrected chi connectivity index (χ3v) is 3.50. The minimum Gasteiger partial charge on any atom is -0.396 e. The first-order chi connectivity index (χ1) is 8.99. The number of carbonyl (C=O) groups excluding carboxylic acids is 1. The van der Waals surface area contributed by atoms with Gasteiger partial charge in [0.05, 0.1) is 5.69 Å². The molecule has 1 aliphatic rings. The van der Waals surface area contributed by atoms with E-state index in [1.54, 1.807) is 12.1 Å². The van der Waals surface area contributed by atoms with E-state index in [0.29, 0.717) is 17.5 Å². The minimum atomic E-state index is -0.526. The molecule has 1 aromatic heterocycles. The van der Waals surface area contributed by atoms with Gasteiger partial charge in [-0.2, -0.15) is 0 Å². The van der Waals surface area contributed by atoms with Crippen LogP contribution in [-0.4, -0.2) is 48.0 Å². The molecular weight excluding hydrogens is 242 g/mol. The smallest absolute Gasteiger partial charge is 0.267 e. The Morgan fingerprint density at radius 1 is 1.26 bits per heavy atom. The SMILES string of the molecule is CC(C)N1CCN(c2nc(C(N)=O)ccc2N)CC1. The quantitative estimate of drug-likeness (QED) is 0.818. The second kappa shape index (κ2) is 5.44. The molecule has 1 aliphatic heterocycles. The van der Waals surface area contributed by atoms with Gasteiger partial charge < -0.3 is 16.4 Å². The van der Waals surface area contributed by atoms with Crippen LogP contribution < -0.4 is 16.4 Å². The third-order valence-electron chi connectivity index (χ3n) is 3.50. The van der Waals surface area contributed by atoms with E-state index in [2.05, 4.69) is 28.6 Å². The third kappa shape index (κ3) is 2.96. The summed E-state index contributed by atoms with van der Waals surface area (Å²) in [4.78, 5) is 20.0. The second-order valence-corrected chi connectivity index (χ2v) is 5.09. The Morgan fingerprint density at radius 3 is 2.42 bits per heavy atom. The molecule has 6 heteroatoms. The Hall–Kier alpha value is -1.82. The lowest BCUT2D eigenvalue weighted by Gasteiger charge is -2.37. The number of anilines is 2. The van der Waals surface area contributed by atoms with Gasteiger partial charge in [0.15, 0.2) is 5.82 Å². The van der Waals surface area contributed by atoms with Crippen LogP contribution in [0.1, 0.15) is 24.3 Å². The van der Waals surface area contributed by atoms with Gasteiger partial charge in [-0.25, -0.2) is 4.98 Å². The second-order valence-electron chi connectivity index (χ2n) is 5.09. The first kappa shape index (κ1) is 13.6. The largest absolute Gasteiger partial charge is 0.396 e. The van der Waals surface area contributed by atoms with Gasteiger partial charge in [0.1, 0.15) is 5.69 Å². The van der Waals surface area contributed by atoms with E-state index in [-0.39, 0.29) is 5.69 Å². The molecule has 1 fully saturated rings. The molecule has 0 saturated carbocycles. The van der Waals surface area contributed by atoms with E-state index in [1.165, 1.54) is 0 Å². The summed E-state index contributed by atoms with van der Waals surface area (Å²) in [6.45, 7) is 8.04. The van der Waals surface area contributed by atoms with Crippen LogP contribution in [0.5, 0.6) is 0 Å². The fourth-order valence-electron chi connectivity index (χ4n) is 2.30. The lowest BCUT2D eigenvalue weighted by Crippen LogP contribution is -2.49. The van der Waals surface area contributed by atoms with Gasteiger partial charge >= 0.3 is 0 Å². The van der Waals surface area contributed by atoms with Crippen LogP contribution in [0.3, 0.4) is 0 Å². The van der Waals surface area contributed by atoms with Crippen molar-refractivity contribution in [1.82, 2.24) is 9.88 Å². The van der Waals surface area contributed by atoms with E-state index in [1.807, 2.05) is 0 Å². The molecule has 1 saturated heterocycles. The number of primary amides is 1. The average Bonchev–Trinajstić information content (AvgIpc) is 2.39. The molecule has 2 rings (SSSR count). The lowest BCUT2D eigenvalue weighted by molar-refractivity contribution is 0.0995. The highest BCUT2D eigenvalue weighted by atomic mass is 16.1. The normalized spacial score (nSPS) is 16.9. The van der Waals surface area contributed by atoms with Crippen molar-refractivity contribution in [2.24, 2.45) is 5.73 Å². The predicted octanol–water partition coefficient (Wildman–Crippen LogP) is 0.293. The summed E-state index contributed by atoms with van der Waals surface area (Å²) in [5.74, 6) is 0.141. The zero-order valence-corrected chi connectivity index (χ0v) is 11.5. The maximum atomic E-state index is 11.2. The topological polar surface area (TPSA) is 88.5 Å². The molecule has 1 amide bonds. The van der Waals surface area contributed by atoms with Gasteiger partial charge in [0.2, 0.25) is 0 Å². The van der Waals surface area contributed by atoms with Crippen molar-refractivity contribution in [1.29, 1.82) is 0 Å². The molecule has 0 spiro atoms. The molecule has 19 heavy (non-hydrogen) atoms. The Bertz CT molecular complexity index is 466. The van der Waals surface area contributed by atoms with Crippen molar-refractivity contribution >= 4 is 17.4 Å². The number of piperazine rings is 1. The Morgan fingerprint density at radius 2 is 1.89 bits per heavy atom. The fourth-order valence-corrected chi connectivity index (χ4v) is 2.30. The number of carbonyl (C=O) groups is 1. The Balaban J connectivity index is 2.15. The number of nitrogen functional groups attached to an aromatic ring is 1. The summed E-state index contributed by atoms with van der Waals surface area (Å²) in [6.07, 6.45) is 0. The summed E-state index contributed by atoms with van der Waals surface area (Å²) in [5, 5.41) is 0. The minimum absolute atomic E-state index is 0.260. The molecular formula is C13H21N5O. The summed E-state index contributed by atoms with van der Waals surface area (Å²) >= 11 is 0. The van der Waals surface area contributed by atoms with Crippen LogP contribution in [-0.2, 0) is 0 Å². The maximum Gasteiger partial charge on any atom is 0.267 e. The Labute approximate surface area is 113 Å². The number of nitrogens with two attached hydrogens (primary N) is 2. The maximum absolute atomic E-state index is 11.2. The predicted molar refractivity (Wildman–Crippen MR) is 76.1 cm³/mol. The van der Waals surface area contributed by atoms with Gasteiger partial charge in [0, 0.05) is 32.2 Å². The molecule has 0 radical (unpaired) electrons. The number of nitrogens with zero attached hydrogens (tertiary/aromatic N) is 3. The number of amides is 1. The van der Waals surface area contributed by atoms with E-state index in [4.69, 9.17) is 11.5 Å². The number of pyridine rings is 1. The monoisotopic (exact) mass is 263 g/mol. The number of hydrogen-bond donors (Lipinski definition) is 2. The first-order valence-corrected chi connectivity index (χ1v) is 6.54. The van der Waals surface area contributed by atoms with Crippen LogP contribution in [0.4, 0.5) is 11.5 Å². The van der Waals surface area contributed by atoms with Crippen LogP contribution in [0.25, 0.3) is 0 Å². The van der Waals surface area contributed by atoms with Gasteiger partial charge in [0.25, 0.3) is 5.91 Å². The molecule has 2 heterocycles. The van der Waals surface area contributed by atoms with Crippen LogP contribution in [0.2, 0.25) is 0 Å². The van der Waals surface area contributed by atoms with Gasteiger partial charge in [-0.1, -0.05) is 0 Å². The highest BCUT2D eigenvalue weighted by Crippen LogP contribution is 2.22. The van der Waals surface area contributed by atoms with Crippen molar-refractivity contribution in [2.75, 3.05) is 36.8 Å². The van der Waals surface area contributed by atoms with Crippen molar-refractivity contribution < 1.29 is 4.79 Å². The highest BCUT2D eigenvalue weighted by molar-refractivity contribution is 5.91. The van der Waals surface area contributed by atoms with Gasteiger partial charge in [-0.15, -0.1) is 0 Å². The lowest BCUT2D eigenvalue weighted by atomic mass is 10.2. The van der Waals surface area contributed by atoms with Crippen LogP contribution in [0.15, 0.2) is 12.1 Å². The molecule has 0 bridgehead atoms. The van der Waals surface area contributed by atoms with E-state index >= 15 is 0 Å². The van der Waals surface area contributed by atoms with Crippen LogP contribution >= 0.6 is 0 Å². The summed E-state index contributed by atoms with van der Waals surface area (Å²) in [5.41, 5.74) is 12.0. The molecule has 0 aliphatic carbocycles.